The molecular formula is C45H52N4O24. The molecule has 8 heterocycles. The third-order valence-electron chi connectivity index (χ3n) is 13.0. The molecule has 0 saturated carbocycles. The second-order valence-electron chi connectivity index (χ2n) is 18.4. The topological polar surface area (TPSA) is 300 Å². The number of allylic oxidation sites excluding steroid dienone is 2. The normalized spacial score (nSPS) is 31.2. The summed E-state index contributed by atoms with van der Waals surface area (Å²) in [6.45, 7) is 0.524. The van der Waals surface area contributed by atoms with Gasteiger partial charge in [0.2, 0.25) is 0 Å². The summed E-state index contributed by atoms with van der Waals surface area (Å²) in [4.78, 5) is 93.4. The van der Waals surface area contributed by atoms with Gasteiger partial charge < -0.3 is 100 Å². The Balaban J connectivity index is 1.08. The lowest BCUT2D eigenvalue weighted by Gasteiger charge is -2.41. The molecule has 1 aromatic rings. The van der Waals surface area contributed by atoms with Crippen LogP contribution in [0.1, 0.15) is 18.4 Å². The number of rotatable bonds is 21. The lowest BCUT2D eigenvalue weighted by molar-refractivity contribution is -0.205. The Labute approximate surface area is 414 Å². The Morgan fingerprint density at radius 3 is 1.08 bits per heavy atom. The van der Waals surface area contributed by atoms with Crippen LogP contribution < -0.4 is 9.80 Å². The van der Waals surface area contributed by atoms with E-state index in [0.29, 0.717) is 22.8 Å². The van der Waals surface area contributed by atoms with Gasteiger partial charge in [-0.25, -0.2) is 33.6 Å². The maximum Gasteiger partial charge on any atom is 0.508 e. The zero-order chi connectivity index (χ0) is 50.8. The molecular weight excluding hydrogens is 980 g/mol. The first-order valence-corrected chi connectivity index (χ1v) is 23.6. The van der Waals surface area contributed by atoms with Gasteiger partial charge in [-0.3, -0.25) is 0 Å². The molecule has 1 aromatic carbocycles. The van der Waals surface area contributed by atoms with Gasteiger partial charge in [-0.2, -0.15) is 0 Å². The Kier molecular flexibility index (Phi) is 14.4. The van der Waals surface area contributed by atoms with Gasteiger partial charge in [-0.15, -0.1) is 0 Å². The van der Waals surface area contributed by atoms with Crippen molar-refractivity contribution in [1.29, 1.82) is 0 Å². The van der Waals surface area contributed by atoms with E-state index in [1.807, 2.05) is 56.9 Å². The molecule has 8 fully saturated rings. The van der Waals surface area contributed by atoms with Crippen LogP contribution in [0.3, 0.4) is 0 Å². The van der Waals surface area contributed by atoms with Crippen molar-refractivity contribution in [2.24, 2.45) is 5.92 Å². The van der Waals surface area contributed by atoms with E-state index in [-0.39, 0.29) is 111 Å². The maximum absolute atomic E-state index is 12.3. The molecule has 8 saturated heterocycles. The predicted molar refractivity (Wildman–Crippen MR) is 232 cm³/mol. The van der Waals surface area contributed by atoms with Crippen LogP contribution in [0.5, 0.6) is 0 Å². The molecule has 8 aliphatic heterocycles. The van der Waals surface area contributed by atoms with Crippen molar-refractivity contribution in [2.45, 2.75) is 68.1 Å². The summed E-state index contributed by atoms with van der Waals surface area (Å²) in [6.07, 6.45) is -7.96. The molecule has 11 atom stereocenters. The Bertz CT molecular complexity index is 2280. The van der Waals surface area contributed by atoms with E-state index >= 15 is 0 Å². The maximum atomic E-state index is 12.3. The second-order valence-corrected chi connectivity index (χ2v) is 18.4. The highest BCUT2D eigenvalue weighted by atomic mass is 16.8. The van der Waals surface area contributed by atoms with Crippen LogP contribution in [0.15, 0.2) is 41.7 Å². The number of aliphatic hydroxyl groups excluding tert-OH is 1. The minimum absolute atomic E-state index is 0.0305. The van der Waals surface area contributed by atoms with Crippen molar-refractivity contribution >= 4 is 54.5 Å². The largest absolute Gasteiger partial charge is 0.508 e. The van der Waals surface area contributed by atoms with Gasteiger partial charge in [0.05, 0.1) is 75.2 Å². The van der Waals surface area contributed by atoms with Crippen molar-refractivity contribution in [1.82, 2.24) is 9.80 Å². The molecule has 11 unspecified atom stereocenters. The van der Waals surface area contributed by atoms with Crippen molar-refractivity contribution < 1.29 is 114 Å². The number of ether oxygens (including phenoxy) is 16. The van der Waals surface area contributed by atoms with E-state index in [0.717, 1.165) is 5.56 Å². The van der Waals surface area contributed by atoms with Crippen molar-refractivity contribution in [3.63, 3.8) is 0 Å². The molecule has 9 aliphatic rings. The van der Waals surface area contributed by atoms with Crippen LogP contribution in [0.2, 0.25) is 0 Å². The molecule has 10 rings (SSSR count). The third-order valence-corrected chi connectivity index (χ3v) is 13.0. The zero-order valence-corrected chi connectivity index (χ0v) is 39.2. The van der Waals surface area contributed by atoms with Crippen LogP contribution >= 0.6 is 0 Å². The van der Waals surface area contributed by atoms with E-state index in [1.165, 1.54) is 0 Å². The van der Waals surface area contributed by atoms with Gasteiger partial charge in [-0.1, -0.05) is 25.1 Å². The van der Waals surface area contributed by atoms with Gasteiger partial charge in [0.15, 0.2) is 42.7 Å². The smallest absolute Gasteiger partial charge is 0.430 e. The van der Waals surface area contributed by atoms with Crippen LogP contribution in [0.25, 0.3) is 0 Å². The molecule has 0 spiro atoms. The van der Waals surface area contributed by atoms with E-state index in [2.05, 4.69) is 0 Å². The molecule has 73 heavy (non-hydrogen) atoms. The summed E-state index contributed by atoms with van der Waals surface area (Å²) < 4.78 is 85.8. The van der Waals surface area contributed by atoms with E-state index in [4.69, 9.17) is 75.8 Å². The summed E-state index contributed by atoms with van der Waals surface area (Å²) >= 11 is 0. The minimum atomic E-state index is -1.47. The SMILES string of the molecule is CC1C=C(N(CC2COC(=O)O2)CC2COC(O)O2)C(N(CC2COC(=O)O2)CC2COC(=O)O2)=CC1c1ccc(N(CC2COC(=O)O2)CC2COC(=O)O2)c(N(CC2COC(=O)O2)CC2COC(=O)O2)c1. The number of aliphatic hydroxyl groups is 1. The molecule has 396 valence electrons. The summed E-state index contributed by atoms with van der Waals surface area (Å²) in [5, 5.41) is 10.2. The lowest BCUT2D eigenvalue weighted by atomic mass is 9.81. The highest BCUT2D eigenvalue weighted by Gasteiger charge is 2.41. The Morgan fingerprint density at radius 1 is 0.425 bits per heavy atom. The number of hydrogen-bond donors (Lipinski definition) is 1. The van der Waals surface area contributed by atoms with E-state index in [9.17, 15) is 38.7 Å². The Hall–Kier alpha value is -7.33. The van der Waals surface area contributed by atoms with Gasteiger partial charge in [0, 0.05) is 12.5 Å². The number of nitrogens with zero attached hydrogens (tertiary/aromatic N) is 4. The molecule has 1 aliphatic carbocycles. The number of hydrogen-bond acceptors (Lipinski definition) is 28. The first-order valence-electron chi connectivity index (χ1n) is 23.6. The minimum Gasteiger partial charge on any atom is -0.430 e. The molecule has 0 aromatic heterocycles. The molecule has 1 N–H and O–H groups in total. The number of anilines is 2. The first-order chi connectivity index (χ1) is 35.2. The van der Waals surface area contributed by atoms with Crippen molar-refractivity contribution in [2.75, 3.05) is 115 Å². The molecule has 0 radical (unpaired) electrons. The quantitative estimate of drug-likeness (QED) is 0.136. The average molecular weight is 1030 g/mol. The van der Waals surface area contributed by atoms with Gasteiger partial charge >= 0.3 is 43.1 Å². The van der Waals surface area contributed by atoms with Crippen molar-refractivity contribution in [3.8, 4) is 0 Å². The summed E-state index contributed by atoms with van der Waals surface area (Å²) in [7, 11) is 0. The van der Waals surface area contributed by atoms with Gasteiger partial charge in [0.25, 0.3) is 6.48 Å². The zero-order valence-electron chi connectivity index (χ0n) is 39.2. The van der Waals surface area contributed by atoms with Crippen LogP contribution in [0.4, 0.5) is 44.9 Å². The number of benzene rings is 1. The van der Waals surface area contributed by atoms with Gasteiger partial charge in [0.1, 0.15) is 52.4 Å². The number of carbonyl (C=O) groups is 7. The van der Waals surface area contributed by atoms with Crippen LogP contribution in [0, 0.1) is 5.92 Å². The number of carbonyl (C=O) groups excluding carboxylic acids is 7. The first kappa shape index (κ1) is 49.3. The van der Waals surface area contributed by atoms with Crippen LogP contribution in [-0.2, 0) is 75.8 Å². The van der Waals surface area contributed by atoms with Crippen molar-refractivity contribution in [3.05, 3.63) is 47.3 Å². The molecule has 0 bridgehead atoms. The lowest BCUT2D eigenvalue weighted by Crippen LogP contribution is -2.46. The van der Waals surface area contributed by atoms with Crippen LogP contribution in [-0.4, -0.2) is 219 Å². The third kappa shape index (κ3) is 12.0. The molecule has 0 amide bonds. The molecule has 28 nitrogen and oxygen atoms in total. The Morgan fingerprint density at radius 2 is 0.753 bits per heavy atom. The fourth-order valence-electron chi connectivity index (χ4n) is 9.81. The monoisotopic (exact) mass is 1030 g/mol. The second kappa shape index (κ2) is 21.4. The van der Waals surface area contributed by atoms with Gasteiger partial charge in [-0.05, 0) is 23.6 Å². The summed E-state index contributed by atoms with van der Waals surface area (Å²) in [6, 6.07) is 5.65. The number of cyclic esters (lactones) is 14. The van der Waals surface area contributed by atoms with E-state index < -0.39 is 104 Å². The summed E-state index contributed by atoms with van der Waals surface area (Å²) in [5.74, 6) is -0.844. The highest BCUT2D eigenvalue weighted by Crippen LogP contribution is 2.43. The standard InChI is InChI=1S/C45H52N4O24/c1-23-4-35(47(9-27-17-60-40(52)68-27)10-28-18-61-41(53)69-28)37(49(13-31-21-64-44(56)72-31)14-32-22-65-45(57)73-32)6-33(23)24-2-3-34(46(7-25-15-58-38(50)66-25)8-26-16-59-39(51)67-26)36(5-24)48(11-29-19-62-42(54)70-29)12-30-20-63-43(55)71-30/h2-6,23,25-33,40,52H,7-22H2,1H3. The average Bonchev–Trinajstić information content (AvgIpc) is 4.23. The highest BCUT2D eigenvalue weighted by molar-refractivity contribution is 5.74. The summed E-state index contributed by atoms with van der Waals surface area (Å²) in [5.41, 5.74) is 2.92. The fourth-order valence-corrected chi connectivity index (χ4v) is 9.81. The van der Waals surface area contributed by atoms with E-state index in [1.54, 1.807) is 0 Å². The fraction of sp³-hybridized carbons (Fsp3) is 0.622. The molecule has 28 heteroatoms. The predicted octanol–water partition coefficient (Wildman–Crippen LogP) is 1.84.